The first-order chi connectivity index (χ1) is 7.96. The van der Waals surface area contributed by atoms with E-state index in [1.165, 1.54) is 0 Å². The number of phenolic OH excluding ortho intramolecular Hbond substituents is 2. The van der Waals surface area contributed by atoms with Gasteiger partial charge in [-0.05, 0) is 48.3 Å². The molecule has 0 aliphatic carbocycles. The number of rotatable bonds is 2. The fourth-order valence-corrected chi connectivity index (χ4v) is 2.82. The smallest absolute Gasteiger partial charge is 0.122 e. The molecule has 0 aliphatic heterocycles. The third kappa shape index (κ3) is 2.98. The molecule has 2 nitrogen and oxygen atoms in total. The normalized spacial score (nSPS) is 12.8. The van der Waals surface area contributed by atoms with Gasteiger partial charge in [0.15, 0.2) is 0 Å². The maximum Gasteiger partial charge on any atom is 0.122 e. The van der Waals surface area contributed by atoms with Gasteiger partial charge >= 0.3 is 0 Å². The first-order valence-electron chi connectivity index (χ1n) is 6.48. The third-order valence-electron chi connectivity index (χ3n) is 3.54. The van der Waals surface area contributed by atoms with E-state index in [-0.39, 0.29) is 16.6 Å². The van der Waals surface area contributed by atoms with Crippen molar-refractivity contribution < 1.29 is 10.2 Å². The zero-order chi connectivity index (χ0) is 14.3. The minimum Gasteiger partial charge on any atom is -0.508 e. The van der Waals surface area contributed by atoms with Crippen LogP contribution in [0.4, 0.5) is 0 Å². The predicted octanol–water partition coefficient (Wildman–Crippen LogP) is 4.43. The fourth-order valence-electron chi connectivity index (χ4n) is 2.82. The largest absolute Gasteiger partial charge is 0.508 e. The Hall–Kier alpha value is -1.18. The number of hydrogen-bond acceptors (Lipinski definition) is 2. The Morgan fingerprint density at radius 3 is 1.89 bits per heavy atom. The van der Waals surface area contributed by atoms with Crippen molar-refractivity contribution in [1.29, 1.82) is 0 Å². The number of phenols is 2. The summed E-state index contributed by atoms with van der Waals surface area (Å²) in [7, 11) is 0. The lowest BCUT2D eigenvalue weighted by Crippen LogP contribution is -2.25. The lowest BCUT2D eigenvalue weighted by Gasteiger charge is -2.34. The summed E-state index contributed by atoms with van der Waals surface area (Å²) >= 11 is 0. The predicted molar refractivity (Wildman–Crippen MR) is 76.3 cm³/mol. The van der Waals surface area contributed by atoms with Crippen LogP contribution in [0.15, 0.2) is 6.07 Å². The second kappa shape index (κ2) is 4.49. The summed E-state index contributed by atoms with van der Waals surface area (Å²) in [5.74, 6) is 0.585. The Morgan fingerprint density at radius 2 is 1.44 bits per heavy atom. The van der Waals surface area contributed by atoms with Crippen LogP contribution in [0.25, 0.3) is 0 Å². The Labute approximate surface area is 111 Å². The molecular weight excluding hydrogens is 224 g/mol. The minimum atomic E-state index is -0.168. The van der Waals surface area contributed by atoms with Crippen molar-refractivity contribution in [2.45, 2.75) is 60.3 Å². The van der Waals surface area contributed by atoms with Gasteiger partial charge in [0.2, 0.25) is 0 Å². The van der Waals surface area contributed by atoms with Crippen LogP contribution in [-0.2, 0) is 5.41 Å². The van der Waals surface area contributed by atoms with Gasteiger partial charge in [0.05, 0.1) is 0 Å². The molecule has 1 aromatic carbocycles. The van der Waals surface area contributed by atoms with Crippen molar-refractivity contribution in [3.05, 3.63) is 22.8 Å². The molecule has 2 N–H and O–H groups in total. The van der Waals surface area contributed by atoms with Crippen LogP contribution in [0.3, 0.4) is 0 Å². The fraction of sp³-hybridized carbons (Fsp3) is 0.625. The van der Waals surface area contributed by atoms with E-state index in [0.29, 0.717) is 5.75 Å². The Bertz CT molecular complexity index is 451. The summed E-state index contributed by atoms with van der Waals surface area (Å²) in [5.41, 5.74) is 2.36. The molecule has 1 rings (SSSR count). The van der Waals surface area contributed by atoms with E-state index >= 15 is 0 Å². The highest BCUT2D eigenvalue weighted by Gasteiger charge is 2.31. The van der Waals surface area contributed by atoms with Crippen LogP contribution in [0.1, 0.15) is 57.7 Å². The highest BCUT2D eigenvalue weighted by Crippen LogP contribution is 2.43. The average molecular weight is 250 g/mol. The molecular formula is C16H26O2. The third-order valence-corrected chi connectivity index (χ3v) is 3.54. The first kappa shape index (κ1) is 14.9. The Kier molecular flexibility index (Phi) is 3.71. The van der Waals surface area contributed by atoms with Crippen LogP contribution in [0.2, 0.25) is 0 Å². The lowest BCUT2D eigenvalue weighted by molar-refractivity contribution is 0.277. The van der Waals surface area contributed by atoms with Crippen molar-refractivity contribution in [3.63, 3.8) is 0 Å². The van der Waals surface area contributed by atoms with Crippen LogP contribution in [0.5, 0.6) is 11.5 Å². The standard InChI is InChI=1S/C16H26O2/c1-10-11(2)14(18)12(8-13(10)17)16(6,7)9-15(3,4)5/h8,17-18H,9H2,1-7H3. The molecule has 0 aromatic heterocycles. The molecule has 0 fully saturated rings. The van der Waals surface area contributed by atoms with Gasteiger partial charge in [-0.1, -0.05) is 34.6 Å². The van der Waals surface area contributed by atoms with Gasteiger partial charge in [0.1, 0.15) is 11.5 Å². The van der Waals surface area contributed by atoms with Crippen molar-refractivity contribution >= 4 is 0 Å². The van der Waals surface area contributed by atoms with Gasteiger partial charge in [0.25, 0.3) is 0 Å². The lowest BCUT2D eigenvalue weighted by atomic mass is 9.71. The zero-order valence-electron chi connectivity index (χ0n) is 12.7. The summed E-state index contributed by atoms with van der Waals surface area (Å²) < 4.78 is 0. The molecule has 0 saturated heterocycles. The number of aromatic hydroxyl groups is 2. The van der Waals surface area contributed by atoms with Gasteiger partial charge in [-0.15, -0.1) is 0 Å². The van der Waals surface area contributed by atoms with Crippen molar-refractivity contribution in [2.24, 2.45) is 5.41 Å². The van der Waals surface area contributed by atoms with E-state index in [1.54, 1.807) is 6.07 Å². The Morgan fingerprint density at radius 1 is 0.944 bits per heavy atom. The minimum absolute atomic E-state index is 0.168. The molecule has 0 bridgehead atoms. The van der Waals surface area contributed by atoms with E-state index in [4.69, 9.17) is 0 Å². The molecule has 18 heavy (non-hydrogen) atoms. The highest BCUT2D eigenvalue weighted by molar-refractivity contribution is 5.53. The van der Waals surface area contributed by atoms with E-state index < -0.39 is 0 Å². The second-order valence-electron chi connectivity index (χ2n) is 7.16. The maximum atomic E-state index is 10.3. The quantitative estimate of drug-likeness (QED) is 0.762. The zero-order valence-corrected chi connectivity index (χ0v) is 12.7. The molecule has 0 amide bonds. The molecule has 0 radical (unpaired) electrons. The van der Waals surface area contributed by atoms with Crippen LogP contribution in [0, 0.1) is 19.3 Å². The van der Waals surface area contributed by atoms with Crippen LogP contribution >= 0.6 is 0 Å². The van der Waals surface area contributed by atoms with Gasteiger partial charge < -0.3 is 10.2 Å². The number of hydrogen-bond donors (Lipinski definition) is 2. The molecule has 0 aliphatic rings. The van der Waals surface area contributed by atoms with E-state index in [0.717, 1.165) is 23.1 Å². The van der Waals surface area contributed by atoms with Crippen LogP contribution < -0.4 is 0 Å². The topological polar surface area (TPSA) is 40.5 Å². The first-order valence-corrected chi connectivity index (χ1v) is 6.48. The summed E-state index contributed by atoms with van der Waals surface area (Å²) in [6, 6.07) is 1.71. The van der Waals surface area contributed by atoms with Crippen molar-refractivity contribution in [1.82, 2.24) is 0 Å². The van der Waals surface area contributed by atoms with E-state index in [1.807, 2.05) is 13.8 Å². The molecule has 102 valence electrons. The van der Waals surface area contributed by atoms with Crippen LogP contribution in [-0.4, -0.2) is 10.2 Å². The van der Waals surface area contributed by atoms with Gasteiger partial charge in [-0.3, -0.25) is 0 Å². The van der Waals surface area contributed by atoms with Gasteiger partial charge in [-0.25, -0.2) is 0 Å². The summed E-state index contributed by atoms with van der Waals surface area (Å²) in [6.45, 7) is 14.5. The monoisotopic (exact) mass is 250 g/mol. The molecule has 0 heterocycles. The highest BCUT2D eigenvalue weighted by atomic mass is 16.3. The van der Waals surface area contributed by atoms with E-state index in [2.05, 4.69) is 34.6 Å². The second-order valence-corrected chi connectivity index (χ2v) is 7.16. The van der Waals surface area contributed by atoms with Crippen molar-refractivity contribution in [2.75, 3.05) is 0 Å². The molecule has 0 atom stereocenters. The number of benzene rings is 1. The SMILES string of the molecule is Cc1c(O)cc(C(C)(C)CC(C)(C)C)c(O)c1C. The average Bonchev–Trinajstić information content (AvgIpc) is 2.16. The summed E-state index contributed by atoms with van der Waals surface area (Å²) in [5, 5.41) is 20.3. The molecule has 1 aromatic rings. The molecule has 0 unspecified atom stereocenters. The van der Waals surface area contributed by atoms with E-state index in [9.17, 15) is 10.2 Å². The van der Waals surface area contributed by atoms with Crippen molar-refractivity contribution in [3.8, 4) is 11.5 Å². The summed E-state index contributed by atoms with van der Waals surface area (Å²) in [4.78, 5) is 0. The molecule has 2 heteroatoms. The van der Waals surface area contributed by atoms with Gasteiger partial charge in [-0.2, -0.15) is 0 Å². The summed E-state index contributed by atoms with van der Waals surface area (Å²) in [6.07, 6.45) is 0.940. The van der Waals surface area contributed by atoms with Gasteiger partial charge in [0, 0.05) is 5.56 Å². The molecule has 0 spiro atoms. The molecule has 0 saturated carbocycles. The Balaban J connectivity index is 3.33. The maximum absolute atomic E-state index is 10.3.